The zero-order valence-electron chi connectivity index (χ0n) is 15.6. The first-order chi connectivity index (χ1) is 13.9. The number of halogens is 3. The first-order valence-corrected chi connectivity index (χ1v) is 10.2. The van der Waals surface area contributed by atoms with Crippen LogP contribution < -0.4 is 4.74 Å². The molecule has 0 spiro atoms. The van der Waals surface area contributed by atoms with E-state index in [1.807, 2.05) is 42.0 Å². The van der Waals surface area contributed by atoms with Crippen LogP contribution in [0.3, 0.4) is 0 Å². The normalized spacial score (nSPS) is 21.4. The highest BCUT2D eigenvalue weighted by atomic mass is 35.5. The van der Waals surface area contributed by atoms with Crippen molar-refractivity contribution in [3.8, 4) is 5.75 Å². The fourth-order valence-electron chi connectivity index (χ4n) is 3.27. The number of rotatable bonds is 6. The maximum absolute atomic E-state index is 6.48. The number of benzene rings is 2. The van der Waals surface area contributed by atoms with Gasteiger partial charge in [0.1, 0.15) is 18.5 Å². The summed E-state index contributed by atoms with van der Waals surface area (Å²) in [6, 6.07) is 10.8. The first-order valence-electron chi connectivity index (χ1n) is 9.07. The standard InChI is InChI=1S/C21H19Cl3N2O3/c1-14-8-16(3-5-19(14)23)27-10-17-11-28-21(29-17,12-26-7-6-25-13-26)18-4-2-15(22)9-20(18)24/h2-9,13,17H,10-12H2,1H3. The molecule has 3 aromatic rings. The quantitative estimate of drug-likeness (QED) is 0.494. The lowest BCUT2D eigenvalue weighted by Gasteiger charge is -2.30. The van der Waals surface area contributed by atoms with Crippen molar-refractivity contribution in [1.82, 2.24) is 9.55 Å². The molecule has 8 heteroatoms. The van der Waals surface area contributed by atoms with Gasteiger partial charge in [-0.1, -0.05) is 40.9 Å². The third-order valence-corrected chi connectivity index (χ3v) is 5.69. The lowest BCUT2D eigenvalue weighted by Crippen LogP contribution is -2.34. The molecule has 152 valence electrons. The largest absolute Gasteiger partial charge is 0.491 e. The summed E-state index contributed by atoms with van der Waals surface area (Å²) in [4.78, 5) is 4.10. The predicted molar refractivity (Wildman–Crippen MR) is 113 cm³/mol. The van der Waals surface area contributed by atoms with Gasteiger partial charge in [0.05, 0.1) is 24.5 Å². The van der Waals surface area contributed by atoms with E-state index in [4.69, 9.17) is 49.0 Å². The fourth-order valence-corrected chi connectivity index (χ4v) is 3.94. The van der Waals surface area contributed by atoms with Gasteiger partial charge in [-0.15, -0.1) is 0 Å². The Bertz CT molecular complexity index is 997. The molecule has 0 bridgehead atoms. The van der Waals surface area contributed by atoms with Crippen LogP contribution in [-0.2, 0) is 21.8 Å². The van der Waals surface area contributed by atoms with E-state index in [0.29, 0.717) is 40.4 Å². The summed E-state index contributed by atoms with van der Waals surface area (Å²) in [5.74, 6) is -0.334. The molecule has 1 aliphatic heterocycles. The number of nitrogens with zero attached hydrogens (tertiary/aromatic N) is 2. The van der Waals surface area contributed by atoms with Crippen LogP contribution in [0.1, 0.15) is 11.1 Å². The minimum absolute atomic E-state index is 0.277. The minimum Gasteiger partial charge on any atom is -0.491 e. The lowest BCUT2D eigenvalue weighted by molar-refractivity contribution is -0.189. The molecule has 0 N–H and O–H groups in total. The molecule has 2 unspecified atom stereocenters. The highest BCUT2D eigenvalue weighted by molar-refractivity contribution is 6.35. The van der Waals surface area contributed by atoms with Gasteiger partial charge in [0.15, 0.2) is 0 Å². The molecule has 0 amide bonds. The van der Waals surface area contributed by atoms with Crippen molar-refractivity contribution < 1.29 is 14.2 Å². The van der Waals surface area contributed by atoms with Gasteiger partial charge in [0, 0.05) is 28.0 Å². The highest BCUT2D eigenvalue weighted by Gasteiger charge is 2.45. The third kappa shape index (κ3) is 4.55. The van der Waals surface area contributed by atoms with Gasteiger partial charge in [-0.2, -0.15) is 0 Å². The molecule has 0 aliphatic carbocycles. The number of hydrogen-bond acceptors (Lipinski definition) is 4. The van der Waals surface area contributed by atoms with Crippen LogP contribution in [0, 0.1) is 6.92 Å². The van der Waals surface area contributed by atoms with Crippen LogP contribution in [-0.4, -0.2) is 28.9 Å². The van der Waals surface area contributed by atoms with Gasteiger partial charge in [0.25, 0.3) is 0 Å². The average Bonchev–Trinajstić information content (AvgIpc) is 3.33. The molecule has 4 rings (SSSR count). The smallest absolute Gasteiger partial charge is 0.215 e. The molecule has 2 heterocycles. The summed E-state index contributed by atoms with van der Waals surface area (Å²) in [5.41, 5.74) is 1.66. The van der Waals surface area contributed by atoms with E-state index in [0.717, 1.165) is 11.3 Å². The molecule has 1 saturated heterocycles. The van der Waals surface area contributed by atoms with Gasteiger partial charge in [-0.25, -0.2) is 4.98 Å². The van der Waals surface area contributed by atoms with E-state index in [1.165, 1.54) is 0 Å². The Balaban J connectivity index is 1.54. The second-order valence-electron chi connectivity index (χ2n) is 6.88. The topological polar surface area (TPSA) is 45.5 Å². The molecule has 1 aromatic heterocycles. The Morgan fingerprint density at radius 1 is 1.17 bits per heavy atom. The van der Waals surface area contributed by atoms with Crippen molar-refractivity contribution in [2.75, 3.05) is 13.2 Å². The zero-order valence-corrected chi connectivity index (χ0v) is 17.9. The number of imidazole rings is 1. The van der Waals surface area contributed by atoms with Crippen LogP contribution in [0.5, 0.6) is 5.75 Å². The molecule has 29 heavy (non-hydrogen) atoms. The molecule has 0 saturated carbocycles. The maximum Gasteiger partial charge on any atom is 0.215 e. The Kier molecular flexibility index (Phi) is 6.04. The number of ether oxygens (including phenoxy) is 3. The van der Waals surface area contributed by atoms with Gasteiger partial charge in [-0.3, -0.25) is 0 Å². The van der Waals surface area contributed by atoms with E-state index in [2.05, 4.69) is 4.98 Å². The van der Waals surface area contributed by atoms with E-state index >= 15 is 0 Å². The molecule has 0 radical (unpaired) electrons. The van der Waals surface area contributed by atoms with Crippen molar-refractivity contribution in [2.24, 2.45) is 0 Å². The number of aryl methyl sites for hydroxylation is 1. The maximum atomic E-state index is 6.48. The Labute approximate surface area is 184 Å². The molecule has 2 atom stereocenters. The molecular formula is C21H19Cl3N2O3. The van der Waals surface area contributed by atoms with Crippen molar-refractivity contribution in [1.29, 1.82) is 0 Å². The van der Waals surface area contributed by atoms with Crippen LogP contribution in [0.25, 0.3) is 0 Å². The van der Waals surface area contributed by atoms with Crippen LogP contribution in [0.2, 0.25) is 15.1 Å². The summed E-state index contributed by atoms with van der Waals surface area (Å²) in [6.45, 7) is 3.02. The Morgan fingerprint density at radius 2 is 2.03 bits per heavy atom. The molecule has 1 fully saturated rings. The zero-order chi connectivity index (χ0) is 20.4. The van der Waals surface area contributed by atoms with E-state index in [-0.39, 0.29) is 6.10 Å². The first kappa shape index (κ1) is 20.5. The molecule has 2 aromatic carbocycles. The summed E-state index contributed by atoms with van der Waals surface area (Å²) in [6.07, 6.45) is 4.98. The molecule has 5 nitrogen and oxygen atoms in total. The highest BCUT2D eigenvalue weighted by Crippen LogP contribution is 2.40. The van der Waals surface area contributed by atoms with Crippen molar-refractivity contribution in [2.45, 2.75) is 25.4 Å². The SMILES string of the molecule is Cc1cc(OCC2COC(Cn3ccnc3)(c3ccc(Cl)cc3Cl)O2)ccc1Cl. The van der Waals surface area contributed by atoms with Crippen LogP contribution in [0.4, 0.5) is 0 Å². The van der Waals surface area contributed by atoms with E-state index in [9.17, 15) is 0 Å². The second-order valence-corrected chi connectivity index (χ2v) is 8.14. The molecule has 1 aliphatic rings. The number of hydrogen-bond donors (Lipinski definition) is 0. The Morgan fingerprint density at radius 3 is 2.76 bits per heavy atom. The lowest BCUT2D eigenvalue weighted by atomic mass is 10.1. The average molecular weight is 454 g/mol. The monoisotopic (exact) mass is 452 g/mol. The van der Waals surface area contributed by atoms with Gasteiger partial charge >= 0.3 is 0 Å². The van der Waals surface area contributed by atoms with Gasteiger partial charge < -0.3 is 18.8 Å². The number of aromatic nitrogens is 2. The summed E-state index contributed by atoms with van der Waals surface area (Å²) in [5, 5.41) is 1.73. The fraction of sp³-hybridized carbons (Fsp3) is 0.286. The summed E-state index contributed by atoms with van der Waals surface area (Å²) >= 11 is 18.6. The van der Waals surface area contributed by atoms with Gasteiger partial charge in [-0.05, 0) is 42.8 Å². The molecular weight excluding hydrogens is 435 g/mol. The predicted octanol–water partition coefficient (Wildman–Crippen LogP) is 5.50. The van der Waals surface area contributed by atoms with Crippen molar-refractivity contribution in [3.05, 3.63) is 81.3 Å². The second kappa shape index (κ2) is 8.54. The van der Waals surface area contributed by atoms with Crippen LogP contribution >= 0.6 is 34.8 Å². The van der Waals surface area contributed by atoms with Crippen LogP contribution in [0.15, 0.2) is 55.1 Å². The van der Waals surface area contributed by atoms with Crippen molar-refractivity contribution >= 4 is 34.8 Å². The summed E-state index contributed by atoms with van der Waals surface area (Å²) < 4.78 is 20.3. The van der Waals surface area contributed by atoms with Crippen molar-refractivity contribution in [3.63, 3.8) is 0 Å². The third-order valence-electron chi connectivity index (χ3n) is 4.72. The minimum atomic E-state index is -1.06. The van der Waals surface area contributed by atoms with E-state index < -0.39 is 5.79 Å². The van der Waals surface area contributed by atoms with Gasteiger partial charge in [0.2, 0.25) is 5.79 Å². The van der Waals surface area contributed by atoms with E-state index in [1.54, 1.807) is 24.7 Å². The summed E-state index contributed by atoms with van der Waals surface area (Å²) in [7, 11) is 0. The Hall–Kier alpha value is -1.76.